The molecule has 0 spiro atoms. The van der Waals surface area contributed by atoms with Crippen molar-refractivity contribution in [2.45, 2.75) is 13.5 Å². The zero-order valence-electron chi connectivity index (χ0n) is 19.0. The Balaban J connectivity index is 1.77. The van der Waals surface area contributed by atoms with Crippen LogP contribution in [0.5, 0.6) is 0 Å². The molecule has 0 bridgehead atoms. The molecule has 10 heteroatoms. The lowest BCUT2D eigenvalue weighted by Gasteiger charge is -2.30. The minimum Gasteiger partial charge on any atom is -0.383 e. The molecule has 2 aromatic carbocycles. The predicted octanol–water partition coefficient (Wildman–Crippen LogP) is 3.38. The van der Waals surface area contributed by atoms with Crippen molar-refractivity contribution in [1.82, 2.24) is 25.1 Å². The summed E-state index contributed by atoms with van der Waals surface area (Å²) in [5, 5.41) is 12.4. The fraction of sp³-hybridized carbons (Fsp3) is 0.240. The van der Waals surface area contributed by atoms with Gasteiger partial charge in [0, 0.05) is 60.8 Å². The predicted molar refractivity (Wildman–Crippen MR) is 134 cm³/mol. The number of nitrogens with one attached hydrogen (secondary N) is 2. The number of fused-ring (bicyclic) bond motifs is 5. The Morgan fingerprint density at radius 3 is 2.49 bits per heavy atom. The van der Waals surface area contributed by atoms with Crippen LogP contribution in [0.4, 0.5) is 20.3 Å². The first-order chi connectivity index (χ1) is 17.0. The highest BCUT2D eigenvalue weighted by atomic mass is 19.1. The molecule has 1 fully saturated rings. The van der Waals surface area contributed by atoms with Gasteiger partial charge in [-0.1, -0.05) is 6.07 Å². The molecule has 35 heavy (non-hydrogen) atoms. The van der Waals surface area contributed by atoms with E-state index in [1.165, 1.54) is 12.1 Å². The second kappa shape index (κ2) is 8.02. The van der Waals surface area contributed by atoms with Gasteiger partial charge in [-0.05, 0) is 31.2 Å². The van der Waals surface area contributed by atoms with Gasteiger partial charge in [-0.25, -0.2) is 13.8 Å². The Kier molecular flexibility index (Phi) is 4.92. The number of aryl methyl sites for hydroxylation is 1. The molecule has 0 aliphatic carbocycles. The van der Waals surface area contributed by atoms with E-state index in [-0.39, 0.29) is 33.7 Å². The van der Waals surface area contributed by atoms with E-state index in [0.29, 0.717) is 17.3 Å². The average Bonchev–Trinajstić information content (AvgIpc) is 3.23. The summed E-state index contributed by atoms with van der Waals surface area (Å²) in [6.07, 6.45) is 0. The second-order valence-corrected chi connectivity index (χ2v) is 8.69. The standard InChI is InChI=1S/C25H23F2N7O/c1-2-34-18-12-16(33-7-5-29-6-8-33)3-4-17(18)19-20(25(34)35)22(13-9-14(26)11-15(27)10-13)30-24-21(19)23(28)31-32-24/h3-4,9-12,29H,2,5-8H2,1H3,(H3,28,30,31,32). The SMILES string of the molecule is CCn1c(=O)c2c(-c3cc(F)cc(F)c3)nc3n[nH]c(N)c3c2c2ccc(N3CCNCC3)cc21. The number of aromatic amines is 1. The molecule has 5 aromatic rings. The van der Waals surface area contributed by atoms with Crippen LogP contribution in [-0.2, 0) is 6.54 Å². The van der Waals surface area contributed by atoms with Crippen LogP contribution in [0.1, 0.15) is 6.92 Å². The van der Waals surface area contributed by atoms with Crippen molar-refractivity contribution in [2.24, 2.45) is 0 Å². The highest BCUT2D eigenvalue weighted by Crippen LogP contribution is 2.38. The molecule has 6 rings (SSSR count). The summed E-state index contributed by atoms with van der Waals surface area (Å²) in [7, 11) is 0. The molecule has 178 valence electrons. The maximum Gasteiger partial charge on any atom is 0.261 e. The van der Waals surface area contributed by atoms with Gasteiger partial charge in [0.1, 0.15) is 17.5 Å². The van der Waals surface area contributed by atoms with Crippen LogP contribution in [0, 0.1) is 11.6 Å². The number of rotatable bonds is 3. The summed E-state index contributed by atoms with van der Waals surface area (Å²) in [5.74, 6) is -1.24. The first-order valence-corrected chi connectivity index (χ1v) is 11.5. The van der Waals surface area contributed by atoms with E-state index < -0.39 is 11.6 Å². The molecular weight excluding hydrogens is 452 g/mol. The smallest absolute Gasteiger partial charge is 0.261 e. The molecule has 0 amide bonds. The lowest BCUT2D eigenvalue weighted by Crippen LogP contribution is -2.43. The topological polar surface area (TPSA) is 105 Å². The molecule has 0 saturated carbocycles. The fourth-order valence-corrected chi connectivity index (χ4v) is 5.09. The molecule has 4 N–H and O–H groups in total. The van der Waals surface area contributed by atoms with E-state index >= 15 is 0 Å². The molecule has 3 aromatic heterocycles. The van der Waals surface area contributed by atoms with Crippen molar-refractivity contribution in [1.29, 1.82) is 0 Å². The number of nitrogens with zero attached hydrogens (tertiary/aromatic N) is 4. The van der Waals surface area contributed by atoms with E-state index in [4.69, 9.17) is 5.73 Å². The normalized spacial score (nSPS) is 14.4. The van der Waals surface area contributed by atoms with Crippen LogP contribution < -0.4 is 21.5 Å². The quantitative estimate of drug-likeness (QED) is 0.346. The largest absolute Gasteiger partial charge is 0.383 e. The summed E-state index contributed by atoms with van der Waals surface area (Å²) < 4.78 is 30.0. The Labute approximate surface area is 198 Å². The van der Waals surface area contributed by atoms with Gasteiger partial charge in [-0.2, -0.15) is 5.10 Å². The van der Waals surface area contributed by atoms with E-state index in [2.05, 4.69) is 25.4 Å². The Morgan fingerprint density at radius 2 is 1.77 bits per heavy atom. The molecule has 0 atom stereocenters. The van der Waals surface area contributed by atoms with Crippen molar-refractivity contribution < 1.29 is 8.78 Å². The number of H-pyrrole nitrogens is 1. The van der Waals surface area contributed by atoms with Gasteiger partial charge < -0.3 is 20.5 Å². The molecule has 8 nitrogen and oxygen atoms in total. The Morgan fingerprint density at radius 1 is 1.03 bits per heavy atom. The zero-order chi connectivity index (χ0) is 24.3. The number of benzene rings is 2. The van der Waals surface area contributed by atoms with Gasteiger partial charge in [0.25, 0.3) is 5.56 Å². The summed E-state index contributed by atoms with van der Waals surface area (Å²) in [4.78, 5) is 20.7. The Bertz CT molecular complexity index is 1670. The first-order valence-electron chi connectivity index (χ1n) is 11.5. The van der Waals surface area contributed by atoms with Crippen LogP contribution in [0.25, 0.3) is 44.0 Å². The molecule has 1 aliphatic rings. The number of halogens is 2. The summed E-state index contributed by atoms with van der Waals surface area (Å²) >= 11 is 0. The van der Waals surface area contributed by atoms with E-state index in [1.807, 2.05) is 25.1 Å². The highest BCUT2D eigenvalue weighted by molar-refractivity contribution is 6.23. The third-order valence-corrected chi connectivity index (χ3v) is 6.66. The van der Waals surface area contributed by atoms with Crippen LogP contribution >= 0.6 is 0 Å². The minimum absolute atomic E-state index is 0.160. The van der Waals surface area contributed by atoms with E-state index in [1.54, 1.807) is 4.57 Å². The number of nitrogens with two attached hydrogens (primary N) is 1. The lowest BCUT2D eigenvalue weighted by molar-refractivity contribution is 0.584. The van der Waals surface area contributed by atoms with Crippen molar-refractivity contribution >= 4 is 44.2 Å². The number of pyridine rings is 2. The minimum atomic E-state index is -0.756. The summed E-state index contributed by atoms with van der Waals surface area (Å²) in [5.41, 5.74) is 8.31. The Hall–Kier alpha value is -4.05. The lowest BCUT2D eigenvalue weighted by atomic mass is 9.98. The van der Waals surface area contributed by atoms with Crippen molar-refractivity contribution in [3.05, 3.63) is 58.4 Å². The monoisotopic (exact) mass is 475 g/mol. The summed E-state index contributed by atoms with van der Waals surface area (Å²) in [6.45, 7) is 5.82. The van der Waals surface area contributed by atoms with Gasteiger partial charge >= 0.3 is 0 Å². The van der Waals surface area contributed by atoms with Gasteiger partial charge in [-0.15, -0.1) is 0 Å². The third-order valence-electron chi connectivity index (χ3n) is 6.66. The second-order valence-electron chi connectivity index (χ2n) is 8.69. The molecule has 0 unspecified atom stereocenters. The summed E-state index contributed by atoms with van der Waals surface area (Å²) in [6, 6.07) is 9.15. The van der Waals surface area contributed by atoms with Crippen LogP contribution in [0.3, 0.4) is 0 Å². The molecule has 1 aliphatic heterocycles. The van der Waals surface area contributed by atoms with Crippen molar-refractivity contribution in [2.75, 3.05) is 36.8 Å². The van der Waals surface area contributed by atoms with E-state index in [0.717, 1.165) is 48.8 Å². The average molecular weight is 476 g/mol. The molecule has 1 saturated heterocycles. The maximum atomic E-state index is 14.1. The first kappa shape index (κ1) is 21.5. The molecule has 0 radical (unpaired) electrons. The van der Waals surface area contributed by atoms with Crippen LogP contribution in [-0.4, -0.2) is 45.9 Å². The number of aromatic nitrogens is 4. The maximum absolute atomic E-state index is 14.1. The number of hydrogen-bond donors (Lipinski definition) is 3. The van der Waals surface area contributed by atoms with Gasteiger partial charge in [-0.3, -0.25) is 9.89 Å². The number of nitrogen functional groups attached to an aromatic ring is 1. The van der Waals surface area contributed by atoms with Crippen LogP contribution in [0.15, 0.2) is 41.2 Å². The van der Waals surface area contributed by atoms with Crippen molar-refractivity contribution in [3.8, 4) is 11.3 Å². The molecular formula is C25H23F2N7O. The number of piperazine rings is 1. The zero-order valence-corrected chi connectivity index (χ0v) is 19.0. The molecule has 4 heterocycles. The highest BCUT2D eigenvalue weighted by Gasteiger charge is 2.23. The van der Waals surface area contributed by atoms with Gasteiger partial charge in [0.05, 0.1) is 22.0 Å². The van der Waals surface area contributed by atoms with Gasteiger partial charge in [0.2, 0.25) is 0 Å². The van der Waals surface area contributed by atoms with Gasteiger partial charge in [0.15, 0.2) is 5.65 Å². The third kappa shape index (κ3) is 3.32. The van der Waals surface area contributed by atoms with E-state index in [9.17, 15) is 13.6 Å². The number of anilines is 2. The van der Waals surface area contributed by atoms with Crippen LogP contribution in [0.2, 0.25) is 0 Å². The van der Waals surface area contributed by atoms with Crippen molar-refractivity contribution in [3.63, 3.8) is 0 Å². The number of hydrogen-bond acceptors (Lipinski definition) is 6. The fourth-order valence-electron chi connectivity index (χ4n) is 5.09.